The number of anilines is 1. The average molecular weight is 311 g/mol. The van der Waals surface area contributed by atoms with Crippen molar-refractivity contribution in [1.82, 2.24) is 9.97 Å². The molecule has 0 amide bonds. The second-order valence-corrected chi connectivity index (χ2v) is 6.59. The van der Waals surface area contributed by atoms with Gasteiger partial charge < -0.3 is 10.0 Å². The van der Waals surface area contributed by atoms with Gasteiger partial charge >= 0.3 is 0 Å². The molecular formula is C19H25N3O. The molecule has 1 aromatic heterocycles. The van der Waals surface area contributed by atoms with E-state index >= 15 is 0 Å². The monoisotopic (exact) mass is 311 g/mol. The highest BCUT2D eigenvalue weighted by atomic mass is 16.3. The average Bonchev–Trinajstić information content (AvgIpc) is 2.63. The number of aromatic nitrogens is 2. The topological polar surface area (TPSA) is 49.2 Å². The molecule has 0 bridgehead atoms. The standard InChI is InChI=1S/C19H25N3O/c23-15-19(10-4-8-17-6-2-1-3-7-17)11-5-13-22(14-19)18-9-12-20-16-21-18/h1-3,6-7,9,12,16,23H,4-5,8,10-11,13-15H2. The van der Waals surface area contributed by atoms with E-state index in [4.69, 9.17) is 0 Å². The Labute approximate surface area is 138 Å². The largest absolute Gasteiger partial charge is 0.396 e. The number of rotatable bonds is 6. The van der Waals surface area contributed by atoms with Crippen LogP contribution >= 0.6 is 0 Å². The Hall–Kier alpha value is -1.94. The molecule has 1 aliphatic rings. The van der Waals surface area contributed by atoms with Crippen LogP contribution in [0, 0.1) is 5.41 Å². The van der Waals surface area contributed by atoms with Crippen LogP contribution in [0.15, 0.2) is 48.9 Å². The van der Waals surface area contributed by atoms with Crippen molar-refractivity contribution in [2.45, 2.75) is 32.1 Å². The molecule has 1 N–H and O–H groups in total. The zero-order chi connectivity index (χ0) is 16.0. The van der Waals surface area contributed by atoms with Gasteiger partial charge in [0.15, 0.2) is 0 Å². The van der Waals surface area contributed by atoms with Gasteiger partial charge in [-0.2, -0.15) is 0 Å². The summed E-state index contributed by atoms with van der Waals surface area (Å²) < 4.78 is 0. The smallest absolute Gasteiger partial charge is 0.131 e. The van der Waals surface area contributed by atoms with Crippen molar-refractivity contribution in [1.29, 1.82) is 0 Å². The van der Waals surface area contributed by atoms with Gasteiger partial charge in [0.25, 0.3) is 0 Å². The fourth-order valence-corrected chi connectivity index (χ4v) is 3.60. The highest BCUT2D eigenvalue weighted by Crippen LogP contribution is 2.36. The van der Waals surface area contributed by atoms with E-state index in [9.17, 15) is 5.11 Å². The van der Waals surface area contributed by atoms with Gasteiger partial charge in [0, 0.05) is 24.7 Å². The van der Waals surface area contributed by atoms with Gasteiger partial charge in [0.2, 0.25) is 0 Å². The zero-order valence-corrected chi connectivity index (χ0v) is 13.6. The quantitative estimate of drug-likeness (QED) is 0.890. The van der Waals surface area contributed by atoms with Crippen molar-refractivity contribution < 1.29 is 5.11 Å². The summed E-state index contributed by atoms with van der Waals surface area (Å²) in [6, 6.07) is 12.6. The number of aliphatic hydroxyl groups excluding tert-OH is 1. The Kier molecular flexibility index (Phi) is 5.23. The third kappa shape index (κ3) is 4.08. The van der Waals surface area contributed by atoms with Crippen LogP contribution in [0.25, 0.3) is 0 Å². The van der Waals surface area contributed by atoms with Crippen LogP contribution < -0.4 is 4.90 Å². The Morgan fingerprint density at radius 2 is 2.04 bits per heavy atom. The van der Waals surface area contributed by atoms with E-state index in [2.05, 4.69) is 45.2 Å². The molecular weight excluding hydrogens is 286 g/mol. The van der Waals surface area contributed by atoms with Gasteiger partial charge in [-0.25, -0.2) is 9.97 Å². The van der Waals surface area contributed by atoms with Crippen molar-refractivity contribution in [3.8, 4) is 0 Å². The van der Waals surface area contributed by atoms with E-state index in [1.54, 1.807) is 12.5 Å². The number of benzene rings is 1. The Morgan fingerprint density at radius 3 is 2.78 bits per heavy atom. The van der Waals surface area contributed by atoms with Gasteiger partial charge in [-0.1, -0.05) is 30.3 Å². The van der Waals surface area contributed by atoms with Crippen molar-refractivity contribution in [3.05, 3.63) is 54.5 Å². The molecule has 2 heterocycles. The molecule has 23 heavy (non-hydrogen) atoms. The maximum Gasteiger partial charge on any atom is 0.131 e. The van der Waals surface area contributed by atoms with E-state index in [1.807, 2.05) is 6.07 Å². The predicted molar refractivity (Wildman–Crippen MR) is 92.4 cm³/mol. The van der Waals surface area contributed by atoms with Gasteiger partial charge in [-0.15, -0.1) is 0 Å². The lowest BCUT2D eigenvalue weighted by molar-refractivity contribution is 0.0939. The first-order valence-corrected chi connectivity index (χ1v) is 8.47. The molecule has 0 radical (unpaired) electrons. The zero-order valence-electron chi connectivity index (χ0n) is 13.6. The van der Waals surface area contributed by atoms with Crippen molar-refractivity contribution in [2.24, 2.45) is 5.41 Å². The highest BCUT2D eigenvalue weighted by Gasteiger charge is 2.34. The lowest BCUT2D eigenvalue weighted by atomic mass is 9.76. The Bertz CT molecular complexity index is 590. The number of piperidine rings is 1. The van der Waals surface area contributed by atoms with E-state index in [1.165, 1.54) is 5.56 Å². The van der Waals surface area contributed by atoms with Crippen LogP contribution in [0.1, 0.15) is 31.2 Å². The van der Waals surface area contributed by atoms with E-state index < -0.39 is 0 Å². The summed E-state index contributed by atoms with van der Waals surface area (Å²) >= 11 is 0. The molecule has 4 nitrogen and oxygen atoms in total. The molecule has 1 unspecified atom stereocenters. The van der Waals surface area contributed by atoms with Crippen LogP contribution in [-0.4, -0.2) is 34.8 Å². The van der Waals surface area contributed by atoms with Crippen LogP contribution in [0.5, 0.6) is 0 Å². The van der Waals surface area contributed by atoms with E-state index in [0.29, 0.717) is 0 Å². The first kappa shape index (κ1) is 15.9. The number of aliphatic hydroxyl groups is 1. The first-order valence-electron chi connectivity index (χ1n) is 8.47. The van der Waals surface area contributed by atoms with E-state index in [0.717, 1.165) is 51.0 Å². The molecule has 3 rings (SSSR count). The molecule has 1 aliphatic heterocycles. The Morgan fingerprint density at radius 1 is 1.17 bits per heavy atom. The number of hydrogen-bond acceptors (Lipinski definition) is 4. The van der Waals surface area contributed by atoms with Gasteiger partial charge in [0.05, 0.1) is 6.61 Å². The second-order valence-electron chi connectivity index (χ2n) is 6.59. The lowest BCUT2D eigenvalue weighted by Gasteiger charge is -2.42. The molecule has 1 aromatic carbocycles. The molecule has 1 saturated heterocycles. The molecule has 0 aliphatic carbocycles. The minimum Gasteiger partial charge on any atom is -0.396 e. The van der Waals surface area contributed by atoms with Gasteiger partial charge in [-0.05, 0) is 43.7 Å². The molecule has 2 aromatic rings. The summed E-state index contributed by atoms with van der Waals surface area (Å²) in [7, 11) is 0. The third-order valence-electron chi connectivity index (χ3n) is 4.90. The maximum atomic E-state index is 10.0. The molecule has 0 spiro atoms. The van der Waals surface area contributed by atoms with Gasteiger partial charge in [0.1, 0.15) is 12.1 Å². The SMILES string of the molecule is OCC1(CCCc2ccccc2)CCCN(c2ccncn2)C1. The summed E-state index contributed by atoms with van der Waals surface area (Å²) in [6.45, 7) is 2.15. The van der Waals surface area contributed by atoms with Gasteiger partial charge in [-0.3, -0.25) is 0 Å². The Balaban J connectivity index is 1.61. The third-order valence-corrected chi connectivity index (χ3v) is 4.90. The summed E-state index contributed by atoms with van der Waals surface area (Å²) in [5.41, 5.74) is 1.38. The van der Waals surface area contributed by atoms with Crippen LogP contribution in [0.4, 0.5) is 5.82 Å². The van der Waals surface area contributed by atoms with Crippen molar-refractivity contribution >= 4 is 5.82 Å². The maximum absolute atomic E-state index is 10.0. The van der Waals surface area contributed by atoms with Crippen molar-refractivity contribution in [3.63, 3.8) is 0 Å². The van der Waals surface area contributed by atoms with Crippen molar-refractivity contribution in [2.75, 3.05) is 24.6 Å². The minimum atomic E-state index is -0.00200. The van der Waals surface area contributed by atoms with E-state index in [-0.39, 0.29) is 12.0 Å². The predicted octanol–water partition coefficient (Wildman–Crippen LogP) is 3.08. The summed E-state index contributed by atoms with van der Waals surface area (Å²) in [5, 5.41) is 10.0. The highest BCUT2D eigenvalue weighted by molar-refractivity contribution is 5.37. The molecule has 1 fully saturated rings. The molecule has 1 atom stereocenters. The first-order chi connectivity index (χ1) is 11.3. The second kappa shape index (κ2) is 7.55. The molecule has 0 saturated carbocycles. The lowest BCUT2D eigenvalue weighted by Crippen LogP contribution is -2.45. The van der Waals surface area contributed by atoms with Crippen LogP contribution in [-0.2, 0) is 6.42 Å². The van der Waals surface area contributed by atoms with Crippen LogP contribution in [0.3, 0.4) is 0 Å². The summed E-state index contributed by atoms with van der Waals surface area (Å²) in [4.78, 5) is 10.7. The minimum absolute atomic E-state index is 0.00200. The van der Waals surface area contributed by atoms with Crippen LogP contribution in [0.2, 0.25) is 0 Å². The molecule has 122 valence electrons. The number of hydrogen-bond donors (Lipinski definition) is 1. The normalized spacial score (nSPS) is 21.3. The fraction of sp³-hybridized carbons (Fsp3) is 0.474. The fourth-order valence-electron chi connectivity index (χ4n) is 3.60. The number of nitrogens with zero attached hydrogens (tertiary/aromatic N) is 3. The number of aryl methyl sites for hydroxylation is 1. The summed E-state index contributed by atoms with van der Waals surface area (Å²) in [6.07, 6.45) is 8.83. The molecule has 4 heteroatoms. The summed E-state index contributed by atoms with van der Waals surface area (Å²) in [5.74, 6) is 0.973.